The number of nitrogens with zero attached hydrogens (tertiary/aromatic N) is 1. The number of hydrogen-bond acceptors (Lipinski definition) is 2. The van der Waals surface area contributed by atoms with Crippen molar-refractivity contribution < 1.29 is 5.11 Å². The standard InChI is InChI=1S/C16H17Br2NO/c1-11(20)15-8-7-14(9-16(15)18)19(2)10-12-3-5-13(17)6-4-12/h3-9,11,20H,10H2,1-2H3/t11-/m1/s1. The number of aliphatic hydroxyl groups is 1. The highest BCUT2D eigenvalue weighted by Crippen LogP contribution is 2.28. The summed E-state index contributed by atoms with van der Waals surface area (Å²) < 4.78 is 2.03. The van der Waals surface area contributed by atoms with Crippen LogP contribution in [0, 0.1) is 0 Å². The lowest BCUT2D eigenvalue weighted by Gasteiger charge is -2.21. The number of anilines is 1. The van der Waals surface area contributed by atoms with E-state index in [1.165, 1.54) is 5.56 Å². The van der Waals surface area contributed by atoms with Gasteiger partial charge >= 0.3 is 0 Å². The topological polar surface area (TPSA) is 23.5 Å². The molecule has 0 saturated carbocycles. The quantitative estimate of drug-likeness (QED) is 0.791. The molecule has 0 fully saturated rings. The summed E-state index contributed by atoms with van der Waals surface area (Å²) in [5.74, 6) is 0. The van der Waals surface area contributed by atoms with Gasteiger partial charge in [0, 0.05) is 28.2 Å². The van der Waals surface area contributed by atoms with Gasteiger partial charge in [-0.2, -0.15) is 0 Å². The van der Waals surface area contributed by atoms with Gasteiger partial charge in [0.15, 0.2) is 0 Å². The van der Waals surface area contributed by atoms with Crippen LogP contribution in [0.3, 0.4) is 0 Å². The number of rotatable bonds is 4. The zero-order valence-electron chi connectivity index (χ0n) is 11.5. The Balaban J connectivity index is 2.15. The molecule has 0 unspecified atom stereocenters. The first-order chi connectivity index (χ1) is 9.47. The fraction of sp³-hybridized carbons (Fsp3) is 0.250. The third-order valence-corrected chi connectivity index (χ3v) is 4.42. The Morgan fingerprint density at radius 2 is 1.75 bits per heavy atom. The second-order valence-corrected chi connectivity index (χ2v) is 6.63. The molecule has 2 rings (SSSR count). The molecule has 0 aliphatic rings. The van der Waals surface area contributed by atoms with Gasteiger partial charge in [0.05, 0.1) is 6.10 Å². The summed E-state index contributed by atoms with van der Waals surface area (Å²) in [7, 11) is 2.06. The first-order valence-electron chi connectivity index (χ1n) is 6.40. The number of hydrogen-bond donors (Lipinski definition) is 1. The van der Waals surface area contributed by atoms with Gasteiger partial charge < -0.3 is 10.0 Å². The Hall–Kier alpha value is -0.840. The maximum Gasteiger partial charge on any atom is 0.0772 e. The highest BCUT2D eigenvalue weighted by Gasteiger charge is 2.09. The predicted molar refractivity (Wildman–Crippen MR) is 91.0 cm³/mol. The van der Waals surface area contributed by atoms with Crippen LogP contribution in [-0.4, -0.2) is 12.2 Å². The lowest BCUT2D eigenvalue weighted by Crippen LogP contribution is -2.16. The van der Waals surface area contributed by atoms with Crippen LogP contribution in [0.2, 0.25) is 0 Å². The molecule has 2 nitrogen and oxygen atoms in total. The van der Waals surface area contributed by atoms with Crippen LogP contribution in [0.5, 0.6) is 0 Å². The van der Waals surface area contributed by atoms with E-state index in [2.05, 4.69) is 68.1 Å². The minimum Gasteiger partial charge on any atom is -0.389 e. The van der Waals surface area contributed by atoms with Gasteiger partial charge in [0.1, 0.15) is 0 Å². The molecular formula is C16H17Br2NO. The molecule has 0 saturated heterocycles. The van der Waals surface area contributed by atoms with E-state index in [0.29, 0.717) is 0 Å². The van der Waals surface area contributed by atoms with Gasteiger partial charge in [-0.05, 0) is 42.3 Å². The molecular weight excluding hydrogens is 382 g/mol. The predicted octanol–water partition coefficient (Wildman–Crippen LogP) is 4.90. The fourth-order valence-electron chi connectivity index (χ4n) is 2.05. The molecule has 0 heterocycles. The minimum atomic E-state index is -0.463. The van der Waals surface area contributed by atoms with Crippen LogP contribution < -0.4 is 4.90 Å². The lowest BCUT2D eigenvalue weighted by molar-refractivity contribution is 0.198. The third kappa shape index (κ3) is 3.84. The summed E-state index contributed by atoms with van der Waals surface area (Å²) in [5, 5.41) is 9.65. The maximum absolute atomic E-state index is 9.65. The van der Waals surface area contributed by atoms with E-state index >= 15 is 0 Å². The van der Waals surface area contributed by atoms with E-state index in [-0.39, 0.29) is 0 Å². The van der Waals surface area contributed by atoms with Crippen LogP contribution in [0.4, 0.5) is 5.69 Å². The van der Waals surface area contributed by atoms with Crippen LogP contribution >= 0.6 is 31.9 Å². The summed E-state index contributed by atoms with van der Waals surface area (Å²) in [6, 6.07) is 14.4. The van der Waals surface area contributed by atoms with E-state index in [9.17, 15) is 5.11 Å². The number of halogens is 2. The summed E-state index contributed by atoms with van der Waals surface area (Å²) >= 11 is 6.96. The summed E-state index contributed by atoms with van der Waals surface area (Å²) in [6.07, 6.45) is -0.463. The van der Waals surface area contributed by atoms with Crippen molar-refractivity contribution >= 4 is 37.5 Å². The van der Waals surface area contributed by atoms with E-state index in [0.717, 1.165) is 26.7 Å². The molecule has 2 aromatic rings. The molecule has 0 bridgehead atoms. The maximum atomic E-state index is 9.65. The molecule has 0 aromatic heterocycles. The summed E-state index contributed by atoms with van der Waals surface area (Å²) in [4.78, 5) is 2.18. The van der Waals surface area contributed by atoms with Gasteiger partial charge in [-0.3, -0.25) is 0 Å². The van der Waals surface area contributed by atoms with E-state index in [1.807, 2.05) is 18.2 Å². The molecule has 4 heteroatoms. The lowest BCUT2D eigenvalue weighted by atomic mass is 10.1. The van der Waals surface area contributed by atoms with Crippen LogP contribution in [0.15, 0.2) is 51.4 Å². The molecule has 106 valence electrons. The molecule has 2 aromatic carbocycles. The molecule has 0 amide bonds. The monoisotopic (exact) mass is 397 g/mol. The van der Waals surface area contributed by atoms with Crippen LogP contribution in [0.1, 0.15) is 24.2 Å². The molecule has 1 atom stereocenters. The van der Waals surface area contributed by atoms with Crippen molar-refractivity contribution in [3.8, 4) is 0 Å². The fourth-order valence-corrected chi connectivity index (χ4v) is 3.01. The van der Waals surface area contributed by atoms with Crippen molar-refractivity contribution in [1.82, 2.24) is 0 Å². The Morgan fingerprint density at radius 3 is 2.30 bits per heavy atom. The normalized spacial score (nSPS) is 12.2. The molecule has 0 radical (unpaired) electrons. The Labute approximate surface area is 136 Å². The van der Waals surface area contributed by atoms with Crippen molar-refractivity contribution in [3.63, 3.8) is 0 Å². The Bertz CT molecular complexity index is 582. The second kappa shape index (κ2) is 6.74. The van der Waals surface area contributed by atoms with Crippen molar-refractivity contribution in [1.29, 1.82) is 0 Å². The molecule has 0 aliphatic heterocycles. The van der Waals surface area contributed by atoms with Crippen LogP contribution in [0.25, 0.3) is 0 Å². The molecule has 1 N–H and O–H groups in total. The van der Waals surface area contributed by atoms with E-state index in [4.69, 9.17) is 0 Å². The van der Waals surface area contributed by atoms with Crippen molar-refractivity contribution in [2.24, 2.45) is 0 Å². The van der Waals surface area contributed by atoms with E-state index in [1.54, 1.807) is 6.92 Å². The highest BCUT2D eigenvalue weighted by atomic mass is 79.9. The van der Waals surface area contributed by atoms with E-state index < -0.39 is 6.10 Å². The minimum absolute atomic E-state index is 0.463. The van der Waals surface area contributed by atoms with Crippen molar-refractivity contribution in [3.05, 3.63) is 62.5 Å². The highest BCUT2D eigenvalue weighted by molar-refractivity contribution is 9.10. The smallest absolute Gasteiger partial charge is 0.0772 e. The largest absolute Gasteiger partial charge is 0.389 e. The second-order valence-electron chi connectivity index (χ2n) is 4.86. The average Bonchev–Trinajstić information content (AvgIpc) is 2.40. The van der Waals surface area contributed by atoms with Gasteiger partial charge in [0.25, 0.3) is 0 Å². The molecule has 0 aliphatic carbocycles. The SMILES string of the molecule is C[C@@H](O)c1ccc(N(C)Cc2ccc(Br)cc2)cc1Br. The Morgan fingerprint density at radius 1 is 1.10 bits per heavy atom. The van der Waals surface area contributed by atoms with Gasteiger partial charge in [-0.25, -0.2) is 0 Å². The third-order valence-electron chi connectivity index (χ3n) is 3.21. The average molecular weight is 399 g/mol. The summed E-state index contributed by atoms with van der Waals surface area (Å²) in [6.45, 7) is 2.61. The van der Waals surface area contributed by atoms with Crippen molar-refractivity contribution in [2.75, 3.05) is 11.9 Å². The van der Waals surface area contributed by atoms with Gasteiger partial charge in [0.2, 0.25) is 0 Å². The van der Waals surface area contributed by atoms with Gasteiger partial charge in [-0.1, -0.05) is 50.1 Å². The van der Waals surface area contributed by atoms with Crippen LogP contribution in [-0.2, 0) is 6.54 Å². The zero-order chi connectivity index (χ0) is 14.7. The first-order valence-corrected chi connectivity index (χ1v) is 7.99. The summed E-state index contributed by atoms with van der Waals surface area (Å²) in [5.41, 5.74) is 3.28. The zero-order valence-corrected chi connectivity index (χ0v) is 14.6. The number of benzene rings is 2. The first kappa shape index (κ1) is 15.5. The van der Waals surface area contributed by atoms with Crippen molar-refractivity contribution in [2.45, 2.75) is 19.6 Å². The van der Waals surface area contributed by atoms with Gasteiger partial charge in [-0.15, -0.1) is 0 Å². The Kier molecular flexibility index (Phi) is 5.24. The molecule has 20 heavy (non-hydrogen) atoms. The molecule has 0 spiro atoms. The number of aliphatic hydroxyl groups excluding tert-OH is 1.